The molecule has 16 heavy (non-hydrogen) atoms. The third-order valence-corrected chi connectivity index (χ3v) is 1.76. The van der Waals surface area contributed by atoms with E-state index in [1.54, 1.807) is 6.92 Å². The molecular weight excluding hydrogens is 229 g/mol. The van der Waals surface area contributed by atoms with Gasteiger partial charge in [0.05, 0.1) is 6.10 Å². The Morgan fingerprint density at radius 1 is 1.38 bits per heavy atom. The van der Waals surface area contributed by atoms with E-state index in [2.05, 4.69) is 14.2 Å². The van der Waals surface area contributed by atoms with Crippen LogP contribution in [-0.2, 0) is 19.0 Å². The largest absolute Gasteiger partial charge is 0.461 e. The first-order valence-electron chi connectivity index (χ1n) is 4.70. The summed E-state index contributed by atoms with van der Waals surface area (Å²) in [6.07, 6.45) is -7.55. The zero-order valence-electron chi connectivity index (χ0n) is 9.34. The third-order valence-electron chi connectivity index (χ3n) is 1.76. The zero-order chi connectivity index (χ0) is 12.8. The van der Waals surface area contributed by atoms with Crippen LogP contribution in [0.3, 0.4) is 0 Å². The molecule has 0 rings (SSSR count). The lowest BCUT2D eigenvalue weighted by Crippen LogP contribution is -2.41. The number of carbonyl (C=O) groups is 1. The van der Waals surface area contributed by atoms with Crippen molar-refractivity contribution in [2.75, 3.05) is 13.9 Å². The SMILES string of the molecule is CCC(C)OC(=O)[C@H](OCOC)C(F)(F)F. The lowest BCUT2D eigenvalue weighted by molar-refractivity contribution is -0.247. The van der Waals surface area contributed by atoms with Gasteiger partial charge in [0.1, 0.15) is 6.79 Å². The molecule has 7 heteroatoms. The van der Waals surface area contributed by atoms with Crippen LogP contribution in [0.5, 0.6) is 0 Å². The summed E-state index contributed by atoms with van der Waals surface area (Å²) >= 11 is 0. The van der Waals surface area contributed by atoms with Gasteiger partial charge in [0, 0.05) is 7.11 Å². The van der Waals surface area contributed by atoms with Crippen LogP contribution in [0.25, 0.3) is 0 Å². The average Bonchev–Trinajstić information content (AvgIpc) is 2.16. The van der Waals surface area contributed by atoms with E-state index in [4.69, 9.17) is 0 Å². The second-order valence-corrected chi connectivity index (χ2v) is 3.15. The third kappa shape index (κ3) is 5.32. The number of esters is 1. The maximum absolute atomic E-state index is 12.4. The maximum atomic E-state index is 12.4. The molecule has 0 saturated heterocycles. The van der Waals surface area contributed by atoms with E-state index >= 15 is 0 Å². The fourth-order valence-electron chi connectivity index (χ4n) is 0.776. The number of rotatable bonds is 6. The molecule has 0 aromatic rings. The van der Waals surface area contributed by atoms with E-state index < -0.39 is 31.1 Å². The van der Waals surface area contributed by atoms with E-state index in [0.29, 0.717) is 6.42 Å². The minimum atomic E-state index is -4.80. The smallest absolute Gasteiger partial charge is 0.425 e. The fourth-order valence-corrected chi connectivity index (χ4v) is 0.776. The quantitative estimate of drug-likeness (QED) is 0.528. The Hall–Kier alpha value is -0.820. The second kappa shape index (κ2) is 6.70. The molecular formula is C9H15F3O4. The normalized spacial score (nSPS) is 15.6. The molecule has 0 aliphatic carbocycles. The van der Waals surface area contributed by atoms with Crippen molar-refractivity contribution in [1.82, 2.24) is 0 Å². The Morgan fingerprint density at radius 2 is 1.94 bits per heavy atom. The lowest BCUT2D eigenvalue weighted by Gasteiger charge is -2.20. The molecule has 0 bridgehead atoms. The first-order valence-corrected chi connectivity index (χ1v) is 4.70. The average molecular weight is 244 g/mol. The molecule has 4 nitrogen and oxygen atoms in total. The highest BCUT2D eigenvalue weighted by Crippen LogP contribution is 2.24. The van der Waals surface area contributed by atoms with Crippen molar-refractivity contribution in [2.24, 2.45) is 0 Å². The summed E-state index contributed by atoms with van der Waals surface area (Å²) in [6, 6.07) is 0. The number of carbonyl (C=O) groups excluding carboxylic acids is 1. The van der Waals surface area contributed by atoms with Crippen LogP contribution in [0.1, 0.15) is 20.3 Å². The van der Waals surface area contributed by atoms with Gasteiger partial charge in [0.15, 0.2) is 0 Å². The summed E-state index contributed by atoms with van der Waals surface area (Å²) in [7, 11) is 1.16. The van der Waals surface area contributed by atoms with Crippen LogP contribution in [0.15, 0.2) is 0 Å². The zero-order valence-corrected chi connectivity index (χ0v) is 9.34. The Kier molecular flexibility index (Phi) is 6.35. The molecule has 0 saturated carbocycles. The summed E-state index contributed by atoms with van der Waals surface area (Å²) < 4.78 is 50.2. The Balaban J connectivity index is 4.45. The molecule has 0 aromatic heterocycles. The van der Waals surface area contributed by atoms with E-state index in [-0.39, 0.29) is 0 Å². The summed E-state index contributed by atoms with van der Waals surface area (Å²) in [4.78, 5) is 11.1. The molecule has 96 valence electrons. The molecule has 0 radical (unpaired) electrons. The van der Waals surface area contributed by atoms with Gasteiger partial charge >= 0.3 is 12.1 Å². The molecule has 0 spiro atoms. The lowest BCUT2D eigenvalue weighted by atomic mass is 10.3. The maximum Gasteiger partial charge on any atom is 0.425 e. The van der Waals surface area contributed by atoms with Gasteiger partial charge in [0.25, 0.3) is 6.10 Å². The number of hydrogen-bond acceptors (Lipinski definition) is 4. The summed E-state index contributed by atoms with van der Waals surface area (Å²) in [5.41, 5.74) is 0. The minimum absolute atomic E-state index is 0.431. The van der Waals surface area contributed by atoms with Crippen LogP contribution < -0.4 is 0 Å². The highest BCUT2D eigenvalue weighted by atomic mass is 19.4. The van der Waals surface area contributed by atoms with Gasteiger partial charge in [-0.05, 0) is 13.3 Å². The van der Waals surface area contributed by atoms with Gasteiger partial charge in [-0.2, -0.15) is 13.2 Å². The fraction of sp³-hybridized carbons (Fsp3) is 0.889. The molecule has 0 N–H and O–H groups in total. The second-order valence-electron chi connectivity index (χ2n) is 3.15. The van der Waals surface area contributed by atoms with Crippen molar-refractivity contribution in [3.05, 3.63) is 0 Å². The predicted octanol–water partition coefficient (Wildman–Crippen LogP) is 1.88. The van der Waals surface area contributed by atoms with Gasteiger partial charge in [-0.15, -0.1) is 0 Å². The molecule has 0 aromatic carbocycles. The number of halogens is 3. The number of alkyl halides is 3. The van der Waals surface area contributed by atoms with Crippen LogP contribution in [0, 0.1) is 0 Å². The minimum Gasteiger partial charge on any atom is -0.461 e. The molecule has 1 unspecified atom stereocenters. The van der Waals surface area contributed by atoms with Crippen molar-refractivity contribution in [1.29, 1.82) is 0 Å². The predicted molar refractivity (Wildman–Crippen MR) is 48.6 cm³/mol. The topological polar surface area (TPSA) is 44.8 Å². The Labute approximate surface area is 91.7 Å². The van der Waals surface area contributed by atoms with E-state index in [9.17, 15) is 18.0 Å². The van der Waals surface area contributed by atoms with E-state index in [1.165, 1.54) is 6.92 Å². The summed E-state index contributed by atoms with van der Waals surface area (Å²) in [6.45, 7) is 2.57. The van der Waals surface area contributed by atoms with E-state index in [1.807, 2.05) is 0 Å². The van der Waals surface area contributed by atoms with Gasteiger partial charge in [-0.1, -0.05) is 6.92 Å². The first kappa shape index (κ1) is 15.2. The van der Waals surface area contributed by atoms with Gasteiger partial charge < -0.3 is 14.2 Å². The van der Waals surface area contributed by atoms with Gasteiger partial charge in [-0.25, -0.2) is 4.79 Å². The number of methoxy groups -OCH3 is 1. The molecule has 0 fully saturated rings. The molecule has 0 aliphatic rings. The van der Waals surface area contributed by atoms with Crippen molar-refractivity contribution >= 4 is 5.97 Å². The molecule has 0 heterocycles. The van der Waals surface area contributed by atoms with Crippen molar-refractivity contribution < 1.29 is 32.2 Å². The first-order chi connectivity index (χ1) is 7.32. The van der Waals surface area contributed by atoms with Crippen molar-refractivity contribution in [3.8, 4) is 0 Å². The standard InChI is InChI=1S/C9H15F3O4/c1-4-6(2)16-8(13)7(9(10,11)12)15-5-14-3/h6-7H,4-5H2,1-3H3/t6?,7-/m0/s1. The number of ether oxygens (including phenoxy) is 3. The molecule has 0 aliphatic heterocycles. The Bertz CT molecular complexity index is 217. The monoisotopic (exact) mass is 244 g/mol. The van der Waals surface area contributed by atoms with E-state index in [0.717, 1.165) is 7.11 Å². The van der Waals surface area contributed by atoms with Gasteiger partial charge in [0.2, 0.25) is 0 Å². The van der Waals surface area contributed by atoms with Crippen LogP contribution >= 0.6 is 0 Å². The molecule has 0 amide bonds. The highest BCUT2D eigenvalue weighted by molar-refractivity contribution is 5.75. The summed E-state index contributed by atoms with van der Waals surface area (Å²) in [5, 5.41) is 0. The van der Waals surface area contributed by atoms with Crippen molar-refractivity contribution in [3.63, 3.8) is 0 Å². The summed E-state index contributed by atoms with van der Waals surface area (Å²) in [5.74, 6) is -1.45. The Morgan fingerprint density at radius 3 is 2.31 bits per heavy atom. The van der Waals surface area contributed by atoms with Crippen LogP contribution in [0.4, 0.5) is 13.2 Å². The van der Waals surface area contributed by atoms with Gasteiger partial charge in [-0.3, -0.25) is 0 Å². The van der Waals surface area contributed by atoms with Crippen molar-refractivity contribution in [2.45, 2.75) is 38.7 Å². The molecule has 2 atom stereocenters. The highest BCUT2D eigenvalue weighted by Gasteiger charge is 2.47. The van der Waals surface area contributed by atoms with Crippen LogP contribution in [-0.4, -0.2) is 38.3 Å². The number of hydrogen-bond donors (Lipinski definition) is 0. The van der Waals surface area contributed by atoms with Crippen LogP contribution in [0.2, 0.25) is 0 Å².